The van der Waals surface area contributed by atoms with Gasteiger partial charge in [-0.25, -0.2) is 0 Å². The van der Waals surface area contributed by atoms with Gasteiger partial charge in [0.15, 0.2) is 0 Å². The van der Waals surface area contributed by atoms with Crippen LogP contribution >= 0.6 is 0 Å². The maximum Gasteiger partial charge on any atom is 0.255 e. The van der Waals surface area contributed by atoms with Crippen LogP contribution in [-0.4, -0.2) is 36.2 Å². The first-order valence-electron chi connectivity index (χ1n) is 8.03. The average Bonchev–Trinajstić information content (AvgIpc) is 2.68. The Bertz CT molecular complexity index is 841. The lowest BCUT2D eigenvalue weighted by atomic mass is 10.0. The SMILES string of the molecule is N#Cc1ccc(C(=O)Nc2ccc([C@@H](O)[C@H]3COCC(=O)N3)cc2)cc1. The molecule has 0 bridgehead atoms. The quantitative estimate of drug-likeness (QED) is 0.770. The van der Waals surface area contributed by atoms with Crippen molar-refractivity contribution in [1.29, 1.82) is 5.26 Å². The first kappa shape index (κ1) is 17.6. The average molecular weight is 351 g/mol. The van der Waals surface area contributed by atoms with Crippen LogP contribution in [0.25, 0.3) is 0 Å². The van der Waals surface area contributed by atoms with Crippen molar-refractivity contribution in [3.63, 3.8) is 0 Å². The maximum absolute atomic E-state index is 12.2. The van der Waals surface area contributed by atoms with Crippen molar-refractivity contribution in [2.75, 3.05) is 18.5 Å². The summed E-state index contributed by atoms with van der Waals surface area (Å²) in [5.41, 5.74) is 2.10. The number of carbonyl (C=O) groups is 2. The van der Waals surface area contributed by atoms with Crippen LogP contribution in [0.5, 0.6) is 0 Å². The van der Waals surface area contributed by atoms with E-state index in [0.717, 1.165) is 0 Å². The Balaban J connectivity index is 1.64. The molecule has 0 aliphatic carbocycles. The largest absolute Gasteiger partial charge is 0.386 e. The molecule has 1 aliphatic heterocycles. The number of rotatable bonds is 4. The normalized spacial score (nSPS) is 17.7. The van der Waals surface area contributed by atoms with Gasteiger partial charge < -0.3 is 20.5 Å². The number of nitriles is 1. The van der Waals surface area contributed by atoms with E-state index in [1.54, 1.807) is 48.5 Å². The smallest absolute Gasteiger partial charge is 0.255 e. The fraction of sp³-hybridized carbons (Fsp3) is 0.211. The Morgan fingerprint density at radius 3 is 2.54 bits per heavy atom. The third-order valence-electron chi connectivity index (χ3n) is 4.04. The molecule has 2 atom stereocenters. The van der Waals surface area contributed by atoms with Crippen LogP contribution in [0.3, 0.4) is 0 Å². The molecule has 3 N–H and O–H groups in total. The topological polar surface area (TPSA) is 111 Å². The van der Waals surface area contributed by atoms with E-state index in [9.17, 15) is 14.7 Å². The molecule has 0 unspecified atom stereocenters. The maximum atomic E-state index is 12.2. The predicted molar refractivity (Wildman–Crippen MR) is 93.3 cm³/mol. The third kappa shape index (κ3) is 4.06. The van der Waals surface area contributed by atoms with E-state index in [4.69, 9.17) is 10.00 Å². The molecule has 7 heteroatoms. The highest BCUT2D eigenvalue weighted by Crippen LogP contribution is 2.21. The highest BCUT2D eigenvalue weighted by atomic mass is 16.5. The summed E-state index contributed by atoms with van der Waals surface area (Å²) in [7, 11) is 0. The molecule has 26 heavy (non-hydrogen) atoms. The van der Waals surface area contributed by atoms with Gasteiger partial charge in [-0.2, -0.15) is 5.26 Å². The Morgan fingerprint density at radius 2 is 1.92 bits per heavy atom. The number of hydrogen-bond donors (Lipinski definition) is 3. The van der Waals surface area contributed by atoms with Crippen LogP contribution in [0, 0.1) is 11.3 Å². The van der Waals surface area contributed by atoms with Gasteiger partial charge in [0.05, 0.1) is 24.3 Å². The Hall–Kier alpha value is -3.21. The Morgan fingerprint density at radius 1 is 1.23 bits per heavy atom. The number of aliphatic hydroxyl groups is 1. The summed E-state index contributed by atoms with van der Waals surface area (Å²) in [6.45, 7) is 0.244. The molecule has 0 spiro atoms. The van der Waals surface area contributed by atoms with E-state index in [0.29, 0.717) is 22.4 Å². The van der Waals surface area contributed by atoms with Gasteiger partial charge in [-0.3, -0.25) is 9.59 Å². The summed E-state index contributed by atoms with van der Waals surface area (Å²) in [6.07, 6.45) is -0.900. The van der Waals surface area contributed by atoms with E-state index >= 15 is 0 Å². The monoisotopic (exact) mass is 351 g/mol. The summed E-state index contributed by atoms with van der Waals surface area (Å²) < 4.78 is 5.13. The minimum atomic E-state index is -0.900. The van der Waals surface area contributed by atoms with Crippen molar-refractivity contribution in [1.82, 2.24) is 5.32 Å². The van der Waals surface area contributed by atoms with Crippen LogP contribution in [0.4, 0.5) is 5.69 Å². The van der Waals surface area contributed by atoms with Crippen LogP contribution in [0.2, 0.25) is 0 Å². The number of nitrogens with one attached hydrogen (secondary N) is 2. The molecule has 2 amide bonds. The van der Waals surface area contributed by atoms with E-state index in [1.807, 2.05) is 6.07 Å². The fourth-order valence-electron chi connectivity index (χ4n) is 2.63. The highest BCUT2D eigenvalue weighted by molar-refractivity contribution is 6.04. The molecule has 7 nitrogen and oxygen atoms in total. The number of anilines is 1. The number of amides is 2. The second-order valence-corrected chi connectivity index (χ2v) is 5.90. The van der Waals surface area contributed by atoms with Gasteiger partial charge in [0.25, 0.3) is 5.91 Å². The Labute approximate surface area is 150 Å². The fourth-order valence-corrected chi connectivity index (χ4v) is 2.63. The minimum Gasteiger partial charge on any atom is -0.386 e. The molecule has 2 aromatic carbocycles. The molecule has 3 rings (SSSR count). The number of aliphatic hydroxyl groups excluding tert-OH is 1. The lowest BCUT2D eigenvalue weighted by molar-refractivity contribution is -0.133. The summed E-state index contributed by atoms with van der Waals surface area (Å²) in [4.78, 5) is 23.6. The van der Waals surface area contributed by atoms with Gasteiger partial charge in [-0.1, -0.05) is 12.1 Å². The van der Waals surface area contributed by atoms with Crippen molar-refractivity contribution in [3.05, 3.63) is 65.2 Å². The van der Waals surface area contributed by atoms with Crippen LogP contribution < -0.4 is 10.6 Å². The first-order valence-corrected chi connectivity index (χ1v) is 8.03. The second kappa shape index (κ2) is 7.78. The van der Waals surface area contributed by atoms with Gasteiger partial charge in [0.1, 0.15) is 12.7 Å². The molecule has 0 aromatic heterocycles. The number of carbonyl (C=O) groups excluding carboxylic acids is 2. The number of ether oxygens (including phenoxy) is 1. The van der Waals surface area contributed by atoms with Crippen molar-refractivity contribution < 1.29 is 19.4 Å². The van der Waals surface area contributed by atoms with Gasteiger partial charge in [-0.15, -0.1) is 0 Å². The van der Waals surface area contributed by atoms with E-state index in [1.165, 1.54) is 0 Å². The first-order chi connectivity index (χ1) is 12.6. The minimum absolute atomic E-state index is 0.00351. The summed E-state index contributed by atoms with van der Waals surface area (Å²) in [5, 5.41) is 24.6. The van der Waals surface area contributed by atoms with E-state index in [2.05, 4.69) is 10.6 Å². The van der Waals surface area contributed by atoms with Gasteiger partial charge >= 0.3 is 0 Å². The Kier molecular flexibility index (Phi) is 5.27. The molecular weight excluding hydrogens is 334 g/mol. The molecule has 1 aliphatic rings. The van der Waals surface area contributed by atoms with Gasteiger partial charge in [0.2, 0.25) is 5.91 Å². The molecule has 1 fully saturated rings. The van der Waals surface area contributed by atoms with Crippen LogP contribution in [0.1, 0.15) is 27.6 Å². The summed E-state index contributed by atoms with van der Waals surface area (Å²) in [6, 6.07) is 14.5. The molecular formula is C19H17N3O4. The predicted octanol–water partition coefficient (Wildman–Crippen LogP) is 1.36. The molecule has 1 heterocycles. The zero-order chi connectivity index (χ0) is 18.5. The number of nitrogens with zero attached hydrogens (tertiary/aromatic N) is 1. The number of hydrogen-bond acceptors (Lipinski definition) is 5. The van der Waals surface area contributed by atoms with Crippen molar-refractivity contribution in [2.45, 2.75) is 12.1 Å². The highest BCUT2D eigenvalue weighted by Gasteiger charge is 2.26. The molecule has 0 radical (unpaired) electrons. The van der Waals surface area contributed by atoms with Gasteiger partial charge in [0, 0.05) is 11.3 Å². The number of benzene rings is 2. The molecule has 0 saturated carbocycles. The zero-order valence-electron chi connectivity index (χ0n) is 13.8. The van der Waals surface area contributed by atoms with Gasteiger partial charge in [-0.05, 0) is 42.0 Å². The number of morpholine rings is 1. The summed E-state index contributed by atoms with van der Waals surface area (Å²) in [5.74, 6) is -0.553. The molecule has 1 saturated heterocycles. The van der Waals surface area contributed by atoms with Crippen molar-refractivity contribution in [2.24, 2.45) is 0 Å². The van der Waals surface area contributed by atoms with Crippen LogP contribution in [-0.2, 0) is 9.53 Å². The lowest BCUT2D eigenvalue weighted by Crippen LogP contribution is -2.48. The van der Waals surface area contributed by atoms with E-state index < -0.39 is 12.1 Å². The van der Waals surface area contributed by atoms with Crippen molar-refractivity contribution >= 4 is 17.5 Å². The third-order valence-corrected chi connectivity index (χ3v) is 4.04. The lowest BCUT2D eigenvalue weighted by Gasteiger charge is -2.28. The molecule has 132 valence electrons. The standard InChI is InChI=1S/C19H17N3O4/c20-9-12-1-3-14(4-2-12)19(25)21-15-7-5-13(6-8-15)18(24)16-10-26-11-17(23)22-16/h1-8,16,18,24H,10-11H2,(H,21,25)(H,22,23)/t16-,18-/m1/s1. The molecule has 2 aromatic rings. The van der Waals surface area contributed by atoms with E-state index in [-0.39, 0.29) is 25.0 Å². The summed E-state index contributed by atoms with van der Waals surface area (Å²) >= 11 is 0. The van der Waals surface area contributed by atoms with Crippen LogP contribution in [0.15, 0.2) is 48.5 Å². The van der Waals surface area contributed by atoms with Crippen molar-refractivity contribution in [3.8, 4) is 6.07 Å². The second-order valence-electron chi connectivity index (χ2n) is 5.90. The zero-order valence-corrected chi connectivity index (χ0v) is 13.8.